The van der Waals surface area contributed by atoms with Gasteiger partial charge in [0.15, 0.2) is 5.78 Å². The van der Waals surface area contributed by atoms with Crippen LogP contribution in [0.15, 0.2) is 29.2 Å². The van der Waals surface area contributed by atoms with Gasteiger partial charge in [-0.1, -0.05) is 0 Å². The van der Waals surface area contributed by atoms with E-state index in [0.29, 0.717) is 24.9 Å². The number of anilines is 3. The van der Waals surface area contributed by atoms with E-state index < -0.39 is 42.6 Å². The molecule has 3 aliphatic heterocycles. The van der Waals surface area contributed by atoms with Gasteiger partial charge in [-0.25, -0.2) is 9.78 Å². The van der Waals surface area contributed by atoms with Crippen molar-refractivity contribution in [3.8, 4) is 0 Å². The molecule has 202 valence electrons. The van der Waals surface area contributed by atoms with Crippen molar-refractivity contribution in [3.63, 3.8) is 0 Å². The number of carbonyl (C=O) groups is 2. The fourth-order valence-corrected chi connectivity index (χ4v) is 5.82. The van der Waals surface area contributed by atoms with Crippen LogP contribution in [0.25, 0.3) is 0 Å². The molecule has 14 heteroatoms. The molecule has 5 heterocycles. The first-order valence-corrected chi connectivity index (χ1v) is 12.4. The molecule has 4 atom stereocenters. The summed E-state index contributed by atoms with van der Waals surface area (Å²) in [7, 11) is 0. The van der Waals surface area contributed by atoms with Gasteiger partial charge in [0.1, 0.15) is 17.7 Å². The normalized spacial score (nSPS) is 27.1. The Kier molecular flexibility index (Phi) is 5.63. The lowest BCUT2D eigenvalue weighted by Gasteiger charge is -2.47. The third kappa shape index (κ3) is 3.89. The molecule has 2 aromatic rings. The topological polar surface area (TPSA) is 119 Å². The average Bonchev–Trinajstić information content (AvgIpc) is 3.55. The molecular formula is C24H25F3N6O5. The first-order valence-electron chi connectivity index (χ1n) is 12.4. The third-order valence-electron chi connectivity index (χ3n) is 7.82. The summed E-state index contributed by atoms with van der Waals surface area (Å²) in [5.74, 6) is -0.0653. The van der Waals surface area contributed by atoms with Crippen molar-refractivity contribution in [2.75, 3.05) is 41.4 Å². The van der Waals surface area contributed by atoms with E-state index in [1.165, 1.54) is 29.0 Å². The van der Waals surface area contributed by atoms with Crippen LogP contribution in [0.3, 0.4) is 0 Å². The van der Waals surface area contributed by atoms with Crippen LogP contribution < -0.4 is 20.7 Å². The molecular weight excluding hydrogens is 509 g/mol. The van der Waals surface area contributed by atoms with E-state index in [4.69, 9.17) is 9.47 Å². The molecule has 1 amide bonds. The number of aromatic nitrogens is 3. The van der Waals surface area contributed by atoms with Gasteiger partial charge in [0.05, 0.1) is 31.4 Å². The summed E-state index contributed by atoms with van der Waals surface area (Å²) >= 11 is 0. The van der Waals surface area contributed by atoms with Crippen LogP contribution in [0.5, 0.6) is 0 Å². The third-order valence-corrected chi connectivity index (χ3v) is 7.82. The van der Waals surface area contributed by atoms with E-state index in [1.807, 2.05) is 4.90 Å². The number of ether oxygens (including phenoxy) is 2. The van der Waals surface area contributed by atoms with E-state index in [9.17, 15) is 27.6 Å². The summed E-state index contributed by atoms with van der Waals surface area (Å²) in [6.45, 7) is 2.12. The van der Waals surface area contributed by atoms with Crippen molar-refractivity contribution in [2.45, 2.75) is 50.2 Å². The summed E-state index contributed by atoms with van der Waals surface area (Å²) in [5.41, 5.74) is -0.637. The van der Waals surface area contributed by atoms with E-state index in [0.717, 1.165) is 11.3 Å². The fraction of sp³-hybridized carbons (Fsp3) is 0.542. The van der Waals surface area contributed by atoms with Crippen LogP contribution in [-0.2, 0) is 16.0 Å². The number of rotatable bonds is 6. The molecule has 0 radical (unpaired) electrons. The standard InChI is InChI=1S/C24H25F3N6O5/c1-2-37-22(36)29-18-4-3-13(9-28-18)15(34)10-32-16(24(25,26)27)5-6-31-20(35)7-19(30-21(31)32)33-11-17-23(33)8-14(23)12-38-17/h3-4,7,9,14,16-17H,2,5-6,8,10-12H2,1H3,(H,28,29,36)/t14?,16-,17+,23?/m0/s1. The number of alkyl halides is 3. The zero-order valence-electron chi connectivity index (χ0n) is 20.4. The predicted octanol–water partition coefficient (Wildman–Crippen LogP) is 2.21. The summed E-state index contributed by atoms with van der Waals surface area (Å²) < 4.78 is 54.0. The van der Waals surface area contributed by atoms with E-state index in [1.54, 1.807) is 6.92 Å². The zero-order chi connectivity index (χ0) is 26.8. The Morgan fingerprint density at radius 2 is 2.13 bits per heavy atom. The van der Waals surface area contributed by atoms with E-state index >= 15 is 0 Å². The molecule has 3 fully saturated rings. The van der Waals surface area contributed by atoms with Gasteiger partial charge >= 0.3 is 12.3 Å². The number of nitrogens with one attached hydrogen (secondary N) is 1. The minimum absolute atomic E-state index is 0.0440. The molecule has 0 aromatic carbocycles. The number of pyridine rings is 1. The van der Waals surface area contributed by atoms with Crippen LogP contribution in [0.4, 0.5) is 35.5 Å². The van der Waals surface area contributed by atoms with E-state index in [2.05, 4.69) is 15.3 Å². The van der Waals surface area contributed by atoms with Crippen molar-refractivity contribution >= 4 is 29.5 Å². The highest BCUT2D eigenvalue weighted by atomic mass is 19.4. The van der Waals surface area contributed by atoms with Gasteiger partial charge in [0, 0.05) is 36.8 Å². The minimum atomic E-state index is -4.65. The smallest absolute Gasteiger partial charge is 0.412 e. The largest absolute Gasteiger partial charge is 0.450 e. The van der Waals surface area contributed by atoms with Gasteiger partial charge in [-0.3, -0.25) is 19.5 Å². The summed E-state index contributed by atoms with van der Waals surface area (Å²) in [5, 5.41) is 2.38. The lowest BCUT2D eigenvalue weighted by molar-refractivity contribution is -0.152. The highest BCUT2D eigenvalue weighted by molar-refractivity contribution is 5.99. The van der Waals surface area contributed by atoms with Crippen molar-refractivity contribution in [3.05, 3.63) is 40.3 Å². The van der Waals surface area contributed by atoms with Gasteiger partial charge in [0.25, 0.3) is 5.56 Å². The Morgan fingerprint density at radius 1 is 1.32 bits per heavy atom. The summed E-state index contributed by atoms with van der Waals surface area (Å²) in [6, 6.07) is 2.07. The Hall–Kier alpha value is -3.68. The second kappa shape index (κ2) is 8.68. The summed E-state index contributed by atoms with van der Waals surface area (Å²) in [6.07, 6.45) is -3.65. The SMILES string of the molecule is CCOC(=O)Nc1ccc(C(=O)CN2c3nc(N4C[C@H]5OCC6CC654)cc(=O)n3CC[C@H]2C(F)(F)F)cn1. The second-order valence-electron chi connectivity index (χ2n) is 9.90. The fourth-order valence-electron chi connectivity index (χ4n) is 5.82. The second-order valence-corrected chi connectivity index (χ2v) is 9.90. The number of ketones is 1. The number of fused-ring (bicyclic) bond motifs is 1. The van der Waals surface area contributed by atoms with Crippen LogP contribution in [0.2, 0.25) is 0 Å². The first-order chi connectivity index (χ1) is 18.1. The van der Waals surface area contributed by atoms with Crippen LogP contribution in [-0.4, -0.2) is 76.6 Å². The lowest BCUT2D eigenvalue weighted by atomic mass is 9.95. The monoisotopic (exact) mass is 534 g/mol. The molecule has 1 saturated carbocycles. The molecule has 4 aliphatic rings. The zero-order valence-corrected chi connectivity index (χ0v) is 20.4. The molecule has 2 saturated heterocycles. The maximum Gasteiger partial charge on any atom is 0.412 e. The molecule has 1 spiro atoms. The average molecular weight is 534 g/mol. The van der Waals surface area contributed by atoms with Crippen LogP contribution in [0.1, 0.15) is 30.1 Å². The first kappa shape index (κ1) is 24.6. The maximum absolute atomic E-state index is 14.1. The number of Topliss-reactive ketones (excluding diaryl/α,β-unsaturated/α-hetero) is 1. The van der Waals surface area contributed by atoms with Crippen molar-refractivity contribution in [1.29, 1.82) is 0 Å². The highest BCUT2D eigenvalue weighted by Crippen LogP contribution is 2.63. The number of hydrogen-bond acceptors (Lipinski definition) is 9. The highest BCUT2D eigenvalue weighted by Gasteiger charge is 2.74. The molecule has 2 unspecified atom stereocenters. The van der Waals surface area contributed by atoms with Gasteiger partial charge in [-0.15, -0.1) is 0 Å². The molecule has 2 aromatic heterocycles. The predicted molar refractivity (Wildman–Crippen MR) is 127 cm³/mol. The Labute approximate surface area is 214 Å². The number of amides is 1. The van der Waals surface area contributed by atoms with Crippen molar-refractivity contribution < 1.29 is 32.2 Å². The molecule has 1 aliphatic carbocycles. The molecule has 6 rings (SSSR count). The van der Waals surface area contributed by atoms with Crippen LogP contribution >= 0.6 is 0 Å². The lowest BCUT2D eigenvalue weighted by Crippen LogP contribution is -2.63. The minimum Gasteiger partial charge on any atom is -0.450 e. The number of halogens is 3. The Bertz CT molecular complexity index is 1350. The summed E-state index contributed by atoms with van der Waals surface area (Å²) in [4.78, 5) is 49.0. The molecule has 1 N–H and O–H groups in total. The van der Waals surface area contributed by atoms with Gasteiger partial charge in [-0.2, -0.15) is 18.2 Å². The quantitative estimate of drug-likeness (QED) is 0.557. The van der Waals surface area contributed by atoms with Gasteiger partial charge in [0.2, 0.25) is 5.95 Å². The van der Waals surface area contributed by atoms with Gasteiger partial charge in [-0.05, 0) is 31.9 Å². The van der Waals surface area contributed by atoms with E-state index in [-0.39, 0.29) is 42.1 Å². The van der Waals surface area contributed by atoms with Gasteiger partial charge < -0.3 is 19.3 Å². The number of nitrogens with zero attached hydrogens (tertiary/aromatic N) is 5. The Balaban J connectivity index is 1.28. The Morgan fingerprint density at radius 3 is 2.79 bits per heavy atom. The molecule has 0 bridgehead atoms. The van der Waals surface area contributed by atoms with Crippen molar-refractivity contribution in [2.24, 2.45) is 5.92 Å². The molecule has 11 nitrogen and oxygen atoms in total. The van der Waals surface area contributed by atoms with Crippen LogP contribution in [0, 0.1) is 5.92 Å². The maximum atomic E-state index is 14.1. The number of hydrogen-bond donors (Lipinski definition) is 1. The molecule has 38 heavy (non-hydrogen) atoms. The van der Waals surface area contributed by atoms with Crippen molar-refractivity contribution in [1.82, 2.24) is 14.5 Å². The number of carbonyl (C=O) groups excluding carboxylic acids is 2.